The van der Waals surface area contributed by atoms with Crippen molar-refractivity contribution in [1.82, 2.24) is 10.3 Å². The van der Waals surface area contributed by atoms with Crippen LogP contribution in [-0.4, -0.2) is 25.1 Å². The molecule has 0 amide bonds. The molecule has 0 aliphatic carbocycles. The fourth-order valence-corrected chi connectivity index (χ4v) is 3.87. The van der Waals surface area contributed by atoms with Gasteiger partial charge in [-0.1, -0.05) is 26.7 Å². The van der Waals surface area contributed by atoms with Crippen molar-refractivity contribution in [3.63, 3.8) is 0 Å². The van der Waals surface area contributed by atoms with Gasteiger partial charge in [0.25, 0.3) is 0 Å². The summed E-state index contributed by atoms with van der Waals surface area (Å²) in [6.07, 6.45) is 5.27. The summed E-state index contributed by atoms with van der Waals surface area (Å²) >= 11 is 1.79. The van der Waals surface area contributed by atoms with Crippen LogP contribution in [0.25, 0.3) is 0 Å². The molecule has 1 atom stereocenters. The van der Waals surface area contributed by atoms with E-state index in [1.54, 1.807) is 11.3 Å². The highest BCUT2D eigenvalue weighted by atomic mass is 32.1. The van der Waals surface area contributed by atoms with Crippen LogP contribution < -0.4 is 10.2 Å². The topological polar surface area (TPSA) is 28.2 Å². The van der Waals surface area contributed by atoms with Crippen LogP contribution in [0.4, 0.5) is 5.13 Å². The van der Waals surface area contributed by atoms with E-state index in [9.17, 15) is 0 Å². The Morgan fingerprint density at radius 3 is 2.53 bits per heavy atom. The largest absolute Gasteiger partial charge is 0.348 e. The monoisotopic (exact) mass is 281 g/mol. The maximum atomic E-state index is 4.79. The number of hydrogen-bond donors (Lipinski definition) is 1. The molecule has 1 aliphatic heterocycles. The Hall–Kier alpha value is -0.610. The smallest absolute Gasteiger partial charge is 0.185 e. The van der Waals surface area contributed by atoms with Gasteiger partial charge in [-0.15, -0.1) is 11.3 Å². The van der Waals surface area contributed by atoms with Crippen LogP contribution in [0.15, 0.2) is 5.38 Å². The van der Waals surface area contributed by atoms with Crippen LogP contribution in [0.2, 0.25) is 0 Å². The lowest BCUT2D eigenvalue weighted by molar-refractivity contribution is 0.199. The maximum absolute atomic E-state index is 4.79. The van der Waals surface area contributed by atoms with E-state index < -0.39 is 0 Å². The zero-order valence-electron chi connectivity index (χ0n) is 12.7. The van der Waals surface area contributed by atoms with E-state index in [1.807, 2.05) is 7.05 Å². The number of piperidine rings is 1. The number of thiazole rings is 1. The number of anilines is 1. The molecule has 0 aromatic carbocycles. The standard InChI is InChI=1S/C15H27N3S/c1-5-15(6-2)7-9-18(10-8-15)14-17-13(11-19-14)12(3)16-4/h11-12,16H,5-10H2,1-4H3. The third-order valence-corrected chi connectivity index (χ3v) is 5.90. The van der Waals surface area contributed by atoms with E-state index in [2.05, 4.69) is 36.4 Å². The van der Waals surface area contributed by atoms with E-state index in [0.717, 1.165) is 0 Å². The molecular formula is C15H27N3S. The second kappa shape index (κ2) is 6.23. The van der Waals surface area contributed by atoms with Crippen LogP contribution in [0.3, 0.4) is 0 Å². The molecule has 1 aromatic rings. The molecule has 1 fully saturated rings. The van der Waals surface area contributed by atoms with Gasteiger partial charge in [0, 0.05) is 24.5 Å². The zero-order valence-corrected chi connectivity index (χ0v) is 13.5. The molecular weight excluding hydrogens is 254 g/mol. The number of nitrogens with one attached hydrogen (secondary N) is 1. The van der Waals surface area contributed by atoms with Gasteiger partial charge in [-0.3, -0.25) is 0 Å². The van der Waals surface area contributed by atoms with E-state index in [4.69, 9.17) is 4.98 Å². The minimum Gasteiger partial charge on any atom is -0.348 e. The summed E-state index contributed by atoms with van der Waals surface area (Å²) in [7, 11) is 1.99. The van der Waals surface area contributed by atoms with Crippen molar-refractivity contribution in [3.05, 3.63) is 11.1 Å². The van der Waals surface area contributed by atoms with Crippen LogP contribution in [0.1, 0.15) is 58.2 Å². The summed E-state index contributed by atoms with van der Waals surface area (Å²) in [6, 6.07) is 0.347. The van der Waals surface area contributed by atoms with Gasteiger partial charge in [0.15, 0.2) is 5.13 Å². The molecule has 1 aliphatic rings. The van der Waals surface area contributed by atoms with Crippen LogP contribution in [0.5, 0.6) is 0 Å². The summed E-state index contributed by atoms with van der Waals surface area (Å²) in [4.78, 5) is 7.26. The molecule has 0 bridgehead atoms. The van der Waals surface area contributed by atoms with Crippen molar-refractivity contribution in [3.8, 4) is 0 Å². The number of aromatic nitrogens is 1. The third-order valence-electron chi connectivity index (χ3n) is 4.98. The Kier molecular flexibility index (Phi) is 4.85. The first kappa shape index (κ1) is 14.8. The average Bonchev–Trinajstić information content (AvgIpc) is 2.96. The number of hydrogen-bond acceptors (Lipinski definition) is 4. The van der Waals surface area contributed by atoms with Gasteiger partial charge >= 0.3 is 0 Å². The number of nitrogens with zero attached hydrogens (tertiary/aromatic N) is 2. The van der Waals surface area contributed by atoms with Crippen molar-refractivity contribution >= 4 is 16.5 Å². The predicted molar refractivity (Wildman–Crippen MR) is 84.1 cm³/mol. The van der Waals surface area contributed by atoms with Crippen LogP contribution >= 0.6 is 11.3 Å². The van der Waals surface area contributed by atoms with Crippen molar-refractivity contribution in [2.45, 2.75) is 52.5 Å². The summed E-state index contributed by atoms with van der Waals surface area (Å²) in [5.74, 6) is 0. The first-order valence-corrected chi connectivity index (χ1v) is 8.39. The van der Waals surface area contributed by atoms with Crippen molar-refractivity contribution in [1.29, 1.82) is 0 Å². The van der Waals surface area contributed by atoms with Gasteiger partial charge in [0.1, 0.15) is 0 Å². The fraction of sp³-hybridized carbons (Fsp3) is 0.800. The average molecular weight is 281 g/mol. The fourth-order valence-electron chi connectivity index (χ4n) is 2.90. The second-order valence-corrected chi connectivity index (χ2v) is 6.60. The normalized spacial score (nSPS) is 20.5. The Bertz CT molecular complexity index is 388. The lowest BCUT2D eigenvalue weighted by atomic mass is 9.74. The zero-order chi connectivity index (χ0) is 13.9. The molecule has 1 N–H and O–H groups in total. The van der Waals surface area contributed by atoms with E-state index >= 15 is 0 Å². The molecule has 2 rings (SSSR count). The van der Waals surface area contributed by atoms with Crippen molar-refractivity contribution in [2.24, 2.45) is 5.41 Å². The molecule has 0 saturated carbocycles. The molecule has 108 valence electrons. The molecule has 1 aromatic heterocycles. The Morgan fingerprint density at radius 1 is 1.37 bits per heavy atom. The summed E-state index contributed by atoms with van der Waals surface area (Å²) < 4.78 is 0. The molecule has 19 heavy (non-hydrogen) atoms. The minimum atomic E-state index is 0.347. The highest BCUT2D eigenvalue weighted by Crippen LogP contribution is 2.39. The molecule has 4 heteroatoms. The maximum Gasteiger partial charge on any atom is 0.185 e. The first-order valence-electron chi connectivity index (χ1n) is 7.51. The first-order chi connectivity index (χ1) is 9.14. The predicted octanol–water partition coefficient (Wildman–Crippen LogP) is 3.83. The van der Waals surface area contributed by atoms with E-state index in [0.29, 0.717) is 11.5 Å². The summed E-state index contributed by atoms with van der Waals surface area (Å²) in [6.45, 7) is 9.18. The van der Waals surface area contributed by atoms with Crippen LogP contribution in [-0.2, 0) is 0 Å². The quantitative estimate of drug-likeness (QED) is 0.889. The molecule has 0 spiro atoms. The van der Waals surface area contributed by atoms with E-state index in [1.165, 1.54) is 49.6 Å². The third kappa shape index (κ3) is 3.11. The molecule has 3 nitrogen and oxygen atoms in total. The lowest BCUT2D eigenvalue weighted by Crippen LogP contribution is -2.39. The molecule has 0 radical (unpaired) electrons. The molecule has 1 unspecified atom stereocenters. The molecule has 2 heterocycles. The van der Waals surface area contributed by atoms with Crippen molar-refractivity contribution < 1.29 is 0 Å². The Morgan fingerprint density at radius 2 is 2.00 bits per heavy atom. The summed E-state index contributed by atoms with van der Waals surface area (Å²) in [5.41, 5.74) is 1.76. The van der Waals surface area contributed by atoms with Gasteiger partial charge in [-0.05, 0) is 32.2 Å². The minimum absolute atomic E-state index is 0.347. The second-order valence-electron chi connectivity index (χ2n) is 5.76. The van der Waals surface area contributed by atoms with Gasteiger partial charge in [0.05, 0.1) is 5.69 Å². The van der Waals surface area contributed by atoms with Gasteiger partial charge in [-0.25, -0.2) is 4.98 Å². The highest BCUT2D eigenvalue weighted by molar-refractivity contribution is 7.13. The lowest BCUT2D eigenvalue weighted by Gasteiger charge is -2.41. The van der Waals surface area contributed by atoms with E-state index in [-0.39, 0.29) is 0 Å². The molecule has 1 saturated heterocycles. The summed E-state index contributed by atoms with van der Waals surface area (Å²) in [5, 5.41) is 6.65. The Balaban J connectivity index is 2.00. The highest BCUT2D eigenvalue weighted by Gasteiger charge is 2.32. The van der Waals surface area contributed by atoms with Crippen LogP contribution in [0, 0.1) is 5.41 Å². The van der Waals surface area contributed by atoms with Gasteiger partial charge < -0.3 is 10.2 Å². The Labute approximate surface area is 121 Å². The van der Waals surface area contributed by atoms with Gasteiger partial charge in [0.2, 0.25) is 0 Å². The number of rotatable bonds is 5. The van der Waals surface area contributed by atoms with Crippen molar-refractivity contribution in [2.75, 3.05) is 25.0 Å². The van der Waals surface area contributed by atoms with Gasteiger partial charge in [-0.2, -0.15) is 0 Å². The SMILES string of the molecule is CCC1(CC)CCN(c2nc(C(C)NC)cs2)CC1.